The standard InChI is InChI=1S/C13H18O3S/c1-8-4-11(14)10-6-13(16-3)12(15-2)5-9(10)7-17-8/h5-6,8,11,14H,4,7H2,1-3H3/t8?,11-/m1/s1. The van der Waals surface area contributed by atoms with Gasteiger partial charge in [-0.2, -0.15) is 11.8 Å². The number of aliphatic hydroxyl groups excluding tert-OH is 1. The molecule has 1 aromatic carbocycles. The smallest absolute Gasteiger partial charge is 0.161 e. The molecule has 0 aliphatic carbocycles. The molecule has 1 aromatic rings. The molecule has 2 rings (SSSR count). The highest BCUT2D eigenvalue weighted by molar-refractivity contribution is 7.99. The van der Waals surface area contributed by atoms with Crippen molar-refractivity contribution < 1.29 is 14.6 Å². The summed E-state index contributed by atoms with van der Waals surface area (Å²) in [4.78, 5) is 0. The Morgan fingerprint density at radius 3 is 2.53 bits per heavy atom. The van der Waals surface area contributed by atoms with Gasteiger partial charge in [-0.1, -0.05) is 6.92 Å². The summed E-state index contributed by atoms with van der Waals surface area (Å²) in [5.74, 6) is 2.33. The molecule has 1 heterocycles. The lowest BCUT2D eigenvalue weighted by atomic mass is 9.99. The van der Waals surface area contributed by atoms with E-state index in [1.807, 2.05) is 23.9 Å². The van der Waals surface area contributed by atoms with Gasteiger partial charge < -0.3 is 14.6 Å². The molecule has 1 N–H and O–H groups in total. The van der Waals surface area contributed by atoms with Gasteiger partial charge in [0.15, 0.2) is 11.5 Å². The van der Waals surface area contributed by atoms with Crippen molar-refractivity contribution in [3.8, 4) is 11.5 Å². The number of benzene rings is 1. The molecule has 0 amide bonds. The third kappa shape index (κ3) is 2.53. The fourth-order valence-corrected chi connectivity index (χ4v) is 3.15. The van der Waals surface area contributed by atoms with Crippen LogP contribution in [0, 0.1) is 0 Å². The first-order valence-corrected chi connectivity index (χ1v) is 6.75. The molecule has 0 spiro atoms. The molecule has 94 valence electrons. The van der Waals surface area contributed by atoms with Crippen LogP contribution in [0.3, 0.4) is 0 Å². The fourth-order valence-electron chi connectivity index (χ4n) is 2.11. The highest BCUT2D eigenvalue weighted by Gasteiger charge is 2.23. The Labute approximate surface area is 106 Å². The molecular weight excluding hydrogens is 236 g/mol. The van der Waals surface area contributed by atoms with Crippen molar-refractivity contribution in [2.24, 2.45) is 0 Å². The summed E-state index contributed by atoms with van der Waals surface area (Å²) < 4.78 is 10.6. The third-order valence-electron chi connectivity index (χ3n) is 3.08. The maximum absolute atomic E-state index is 10.2. The Hall–Kier alpha value is -0.870. The van der Waals surface area contributed by atoms with Crippen molar-refractivity contribution in [1.29, 1.82) is 0 Å². The first-order chi connectivity index (χ1) is 8.15. The highest BCUT2D eigenvalue weighted by Crippen LogP contribution is 2.40. The predicted molar refractivity (Wildman–Crippen MR) is 69.9 cm³/mol. The number of thioether (sulfide) groups is 1. The first-order valence-electron chi connectivity index (χ1n) is 5.70. The van der Waals surface area contributed by atoms with Crippen LogP contribution in [0.15, 0.2) is 12.1 Å². The Kier molecular flexibility index (Phi) is 3.84. The van der Waals surface area contributed by atoms with Gasteiger partial charge in [-0.15, -0.1) is 0 Å². The summed E-state index contributed by atoms with van der Waals surface area (Å²) in [5, 5.41) is 10.7. The van der Waals surface area contributed by atoms with Crippen LogP contribution in [-0.4, -0.2) is 24.6 Å². The minimum absolute atomic E-state index is 0.408. The van der Waals surface area contributed by atoms with E-state index in [1.165, 1.54) is 0 Å². The third-order valence-corrected chi connectivity index (χ3v) is 4.32. The predicted octanol–water partition coefficient (Wildman–Crippen LogP) is 2.76. The molecule has 0 bridgehead atoms. The number of aliphatic hydroxyl groups is 1. The van der Waals surface area contributed by atoms with E-state index in [2.05, 4.69) is 6.92 Å². The minimum Gasteiger partial charge on any atom is -0.493 e. The van der Waals surface area contributed by atoms with E-state index >= 15 is 0 Å². The van der Waals surface area contributed by atoms with Crippen LogP contribution in [0.2, 0.25) is 0 Å². The second kappa shape index (κ2) is 5.19. The quantitative estimate of drug-likeness (QED) is 0.880. The monoisotopic (exact) mass is 254 g/mol. The lowest BCUT2D eigenvalue weighted by Gasteiger charge is -2.16. The van der Waals surface area contributed by atoms with E-state index in [4.69, 9.17) is 9.47 Å². The summed E-state index contributed by atoms with van der Waals surface area (Å²) in [6, 6.07) is 3.87. The van der Waals surface area contributed by atoms with Crippen LogP contribution < -0.4 is 9.47 Å². The lowest BCUT2D eigenvalue weighted by molar-refractivity contribution is 0.168. The van der Waals surface area contributed by atoms with Crippen molar-refractivity contribution in [3.05, 3.63) is 23.3 Å². The second-order valence-electron chi connectivity index (χ2n) is 4.28. The zero-order valence-electron chi connectivity index (χ0n) is 10.4. The Morgan fingerprint density at radius 1 is 1.24 bits per heavy atom. The number of fused-ring (bicyclic) bond motifs is 1. The molecule has 0 saturated heterocycles. The Bertz CT molecular complexity index is 406. The molecule has 4 heteroatoms. The zero-order valence-corrected chi connectivity index (χ0v) is 11.2. The van der Waals surface area contributed by atoms with Gasteiger partial charge in [-0.05, 0) is 29.7 Å². The summed E-state index contributed by atoms with van der Waals surface area (Å²) in [6.07, 6.45) is 0.377. The summed E-state index contributed by atoms with van der Waals surface area (Å²) in [7, 11) is 3.25. The van der Waals surface area contributed by atoms with E-state index in [0.29, 0.717) is 11.0 Å². The fraction of sp³-hybridized carbons (Fsp3) is 0.538. The van der Waals surface area contributed by atoms with Gasteiger partial charge in [0.05, 0.1) is 20.3 Å². The van der Waals surface area contributed by atoms with Crippen LogP contribution >= 0.6 is 11.8 Å². The molecule has 0 saturated carbocycles. The molecule has 1 aliphatic heterocycles. The van der Waals surface area contributed by atoms with Crippen molar-refractivity contribution in [2.75, 3.05) is 14.2 Å². The molecular formula is C13H18O3S. The van der Waals surface area contributed by atoms with Gasteiger partial charge in [0.2, 0.25) is 0 Å². The van der Waals surface area contributed by atoms with Crippen molar-refractivity contribution >= 4 is 11.8 Å². The Balaban J connectivity index is 2.45. The molecule has 1 unspecified atom stereocenters. The average molecular weight is 254 g/mol. The van der Waals surface area contributed by atoms with E-state index in [1.54, 1.807) is 14.2 Å². The topological polar surface area (TPSA) is 38.7 Å². The van der Waals surface area contributed by atoms with E-state index in [9.17, 15) is 5.11 Å². The molecule has 0 fully saturated rings. The van der Waals surface area contributed by atoms with Gasteiger partial charge in [0.1, 0.15) is 0 Å². The van der Waals surface area contributed by atoms with Crippen molar-refractivity contribution in [1.82, 2.24) is 0 Å². The SMILES string of the molecule is COc1cc2c(cc1OC)[C@H](O)CC(C)SC2. The lowest BCUT2D eigenvalue weighted by Crippen LogP contribution is -2.04. The van der Waals surface area contributed by atoms with Gasteiger partial charge in [-0.25, -0.2) is 0 Å². The van der Waals surface area contributed by atoms with Gasteiger partial charge in [-0.3, -0.25) is 0 Å². The maximum Gasteiger partial charge on any atom is 0.161 e. The molecule has 0 aromatic heterocycles. The normalized spacial score (nSPS) is 23.8. The number of hydrogen-bond acceptors (Lipinski definition) is 4. The molecule has 17 heavy (non-hydrogen) atoms. The molecule has 3 nitrogen and oxygen atoms in total. The summed E-state index contributed by atoms with van der Waals surface area (Å²) in [6.45, 7) is 2.15. The van der Waals surface area contributed by atoms with Crippen LogP contribution in [0.1, 0.15) is 30.6 Å². The zero-order chi connectivity index (χ0) is 12.4. The van der Waals surface area contributed by atoms with Crippen molar-refractivity contribution in [3.63, 3.8) is 0 Å². The van der Waals surface area contributed by atoms with Crippen molar-refractivity contribution in [2.45, 2.75) is 30.5 Å². The Morgan fingerprint density at radius 2 is 1.88 bits per heavy atom. The van der Waals surface area contributed by atoms with E-state index in [-0.39, 0.29) is 0 Å². The number of hydrogen-bond donors (Lipinski definition) is 1. The first kappa shape index (κ1) is 12.6. The van der Waals surface area contributed by atoms with Crippen LogP contribution in [0.5, 0.6) is 11.5 Å². The minimum atomic E-state index is -0.408. The van der Waals surface area contributed by atoms with E-state index in [0.717, 1.165) is 29.1 Å². The number of ether oxygens (including phenoxy) is 2. The molecule has 0 radical (unpaired) electrons. The van der Waals surface area contributed by atoms with E-state index < -0.39 is 6.10 Å². The van der Waals surface area contributed by atoms with Crippen LogP contribution in [0.4, 0.5) is 0 Å². The maximum atomic E-state index is 10.2. The summed E-state index contributed by atoms with van der Waals surface area (Å²) >= 11 is 1.86. The number of methoxy groups -OCH3 is 2. The average Bonchev–Trinajstić information content (AvgIpc) is 2.47. The van der Waals surface area contributed by atoms with Crippen LogP contribution in [-0.2, 0) is 5.75 Å². The molecule has 2 atom stereocenters. The summed E-state index contributed by atoms with van der Waals surface area (Å²) in [5.41, 5.74) is 2.11. The van der Waals surface area contributed by atoms with Gasteiger partial charge >= 0.3 is 0 Å². The van der Waals surface area contributed by atoms with Gasteiger partial charge in [0, 0.05) is 11.0 Å². The largest absolute Gasteiger partial charge is 0.493 e. The second-order valence-corrected chi connectivity index (χ2v) is 5.71. The highest BCUT2D eigenvalue weighted by atomic mass is 32.2. The number of rotatable bonds is 2. The molecule has 1 aliphatic rings. The van der Waals surface area contributed by atoms with Crippen LogP contribution in [0.25, 0.3) is 0 Å². The van der Waals surface area contributed by atoms with Gasteiger partial charge in [0.25, 0.3) is 0 Å².